The van der Waals surface area contributed by atoms with Crippen LogP contribution in [0.2, 0.25) is 0 Å². The van der Waals surface area contributed by atoms with E-state index in [0.29, 0.717) is 19.5 Å². The van der Waals surface area contributed by atoms with E-state index >= 15 is 0 Å². The van der Waals surface area contributed by atoms with Crippen molar-refractivity contribution in [1.29, 1.82) is 0 Å². The average molecular weight is 331 g/mol. The second kappa shape index (κ2) is 8.29. The van der Waals surface area contributed by atoms with Gasteiger partial charge in [0.25, 0.3) is 0 Å². The van der Waals surface area contributed by atoms with Gasteiger partial charge >= 0.3 is 0 Å². The van der Waals surface area contributed by atoms with Gasteiger partial charge in [-0.2, -0.15) is 0 Å². The largest absolute Gasteiger partial charge is 0.352 e. The fourth-order valence-electron chi connectivity index (χ4n) is 3.00. The number of benzene rings is 1. The summed E-state index contributed by atoms with van der Waals surface area (Å²) in [5, 5.41) is 2.98. The van der Waals surface area contributed by atoms with Gasteiger partial charge < -0.3 is 15.1 Å². The first-order valence-corrected chi connectivity index (χ1v) is 8.74. The van der Waals surface area contributed by atoms with E-state index in [2.05, 4.69) is 36.3 Å². The number of amides is 2. The molecule has 1 aromatic rings. The molecule has 0 bridgehead atoms. The molecule has 1 saturated heterocycles. The lowest BCUT2D eigenvalue weighted by molar-refractivity contribution is -0.129. The Hall–Kier alpha value is -1.88. The Morgan fingerprint density at radius 1 is 1.38 bits per heavy atom. The highest BCUT2D eigenvalue weighted by molar-refractivity contribution is 5.89. The molecule has 0 aromatic heterocycles. The SMILES string of the molecule is CCN(C)Cc1cccc(CNC(=O)C2CC(=O)N(C(C)C)C2)c1. The quantitative estimate of drug-likeness (QED) is 0.831. The zero-order valence-electron chi connectivity index (χ0n) is 15.2. The lowest BCUT2D eigenvalue weighted by Gasteiger charge is -2.20. The second-order valence-electron chi connectivity index (χ2n) is 6.91. The van der Waals surface area contributed by atoms with Crippen LogP contribution in [0.5, 0.6) is 0 Å². The Kier molecular flexibility index (Phi) is 6.37. The molecule has 0 spiro atoms. The number of nitrogens with one attached hydrogen (secondary N) is 1. The first-order valence-electron chi connectivity index (χ1n) is 8.74. The summed E-state index contributed by atoms with van der Waals surface area (Å²) in [6.07, 6.45) is 0.325. The van der Waals surface area contributed by atoms with E-state index in [1.165, 1.54) is 5.56 Å². The van der Waals surface area contributed by atoms with Crippen molar-refractivity contribution in [3.63, 3.8) is 0 Å². The second-order valence-corrected chi connectivity index (χ2v) is 6.91. The molecule has 2 rings (SSSR count). The van der Waals surface area contributed by atoms with Gasteiger partial charge in [-0.3, -0.25) is 9.59 Å². The van der Waals surface area contributed by atoms with Crippen molar-refractivity contribution < 1.29 is 9.59 Å². The summed E-state index contributed by atoms with van der Waals surface area (Å²) in [6, 6.07) is 8.44. The third-order valence-corrected chi connectivity index (χ3v) is 4.60. The predicted molar refractivity (Wildman–Crippen MR) is 95.3 cm³/mol. The molecular formula is C19H29N3O2. The van der Waals surface area contributed by atoms with Crippen LogP contribution < -0.4 is 5.32 Å². The highest BCUT2D eigenvalue weighted by Gasteiger charge is 2.35. The van der Waals surface area contributed by atoms with Crippen LogP contribution in [-0.4, -0.2) is 47.8 Å². The van der Waals surface area contributed by atoms with Crippen LogP contribution in [0.4, 0.5) is 0 Å². The van der Waals surface area contributed by atoms with E-state index in [-0.39, 0.29) is 23.8 Å². The third kappa shape index (κ3) is 4.81. The van der Waals surface area contributed by atoms with Crippen LogP contribution in [0.25, 0.3) is 0 Å². The Morgan fingerprint density at radius 2 is 2.08 bits per heavy atom. The highest BCUT2D eigenvalue weighted by Crippen LogP contribution is 2.20. The summed E-state index contributed by atoms with van der Waals surface area (Å²) in [5.41, 5.74) is 2.34. The zero-order valence-corrected chi connectivity index (χ0v) is 15.2. The molecule has 5 nitrogen and oxygen atoms in total. The van der Waals surface area contributed by atoms with Gasteiger partial charge in [0.05, 0.1) is 5.92 Å². The standard InChI is InChI=1S/C19H29N3O2/c1-5-21(4)12-16-8-6-7-15(9-16)11-20-19(24)17-10-18(23)22(13-17)14(2)3/h6-9,14,17H,5,10-13H2,1-4H3,(H,20,24). The molecule has 1 atom stereocenters. The van der Waals surface area contributed by atoms with Crippen molar-refractivity contribution in [2.75, 3.05) is 20.1 Å². The molecule has 24 heavy (non-hydrogen) atoms. The summed E-state index contributed by atoms with van der Waals surface area (Å²) in [4.78, 5) is 28.3. The number of nitrogens with zero attached hydrogens (tertiary/aromatic N) is 2. The first-order chi connectivity index (χ1) is 11.4. The van der Waals surface area contributed by atoms with Crippen LogP contribution in [0.1, 0.15) is 38.3 Å². The van der Waals surface area contributed by atoms with Crippen molar-refractivity contribution >= 4 is 11.8 Å². The molecule has 5 heteroatoms. The number of carbonyl (C=O) groups is 2. The lowest BCUT2D eigenvalue weighted by atomic mass is 10.1. The maximum atomic E-state index is 12.3. The van der Waals surface area contributed by atoms with Gasteiger partial charge in [-0.1, -0.05) is 31.2 Å². The molecule has 0 aliphatic carbocycles. The fourth-order valence-corrected chi connectivity index (χ4v) is 3.00. The Balaban J connectivity index is 1.88. The van der Waals surface area contributed by atoms with Gasteiger partial charge in [0.15, 0.2) is 0 Å². The van der Waals surface area contributed by atoms with E-state index in [0.717, 1.165) is 18.7 Å². The van der Waals surface area contributed by atoms with Crippen LogP contribution in [-0.2, 0) is 22.7 Å². The molecular weight excluding hydrogens is 302 g/mol. The third-order valence-electron chi connectivity index (χ3n) is 4.60. The van der Waals surface area contributed by atoms with Gasteiger partial charge in [-0.15, -0.1) is 0 Å². The predicted octanol–water partition coefficient (Wildman–Crippen LogP) is 2.01. The summed E-state index contributed by atoms with van der Waals surface area (Å²) in [5.74, 6) is -0.174. The minimum atomic E-state index is -0.227. The molecule has 2 amide bonds. The molecule has 1 heterocycles. The van der Waals surface area contributed by atoms with Crippen molar-refractivity contribution in [1.82, 2.24) is 15.1 Å². The molecule has 1 fully saturated rings. The van der Waals surface area contributed by atoms with E-state index in [4.69, 9.17) is 0 Å². The smallest absolute Gasteiger partial charge is 0.225 e. The van der Waals surface area contributed by atoms with Crippen molar-refractivity contribution in [3.05, 3.63) is 35.4 Å². The van der Waals surface area contributed by atoms with Gasteiger partial charge in [0.1, 0.15) is 0 Å². The topological polar surface area (TPSA) is 52.7 Å². The first kappa shape index (κ1) is 18.5. The molecule has 1 aliphatic rings. The monoisotopic (exact) mass is 331 g/mol. The highest BCUT2D eigenvalue weighted by atomic mass is 16.2. The van der Waals surface area contributed by atoms with Crippen molar-refractivity contribution in [2.45, 2.75) is 46.3 Å². The van der Waals surface area contributed by atoms with Crippen LogP contribution in [0.3, 0.4) is 0 Å². The number of hydrogen-bond donors (Lipinski definition) is 1. The average Bonchev–Trinajstić information content (AvgIpc) is 2.95. The molecule has 1 unspecified atom stereocenters. The van der Waals surface area contributed by atoms with Crippen molar-refractivity contribution in [3.8, 4) is 0 Å². The molecule has 0 saturated carbocycles. The normalized spacial score (nSPS) is 17.8. The number of hydrogen-bond acceptors (Lipinski definition) is 3. The minimum Gasteiger partial charge on any atom is -0.352 e. The van der Waals surface area contributed by atoms with E-state index < -0.39 is 0 Å². The molecule has 1 aliphatic heterocycles. The molecule has 132 valence electrons. The van der Waals surface area contributed by atoms with E-state index in [1.54, 1.807) is 4.90 Å². The van der Waals surface area contributed by atoms with Crippen LogP contribution in [0.15, 0.2) is 24.3 Å². The number of rotatable bonds is 7. The maximum absolute atomic E-state index is 12.3. The van der Waals surface area contributed by atoms with E-state index in [1.807, 2.05) is 26.0 Å². The molecule has 0 radical (unpaired) electrons. The maximum Gasteiger partial charge on any atom is 0.225 e. The zero-order chi connectivity index (χ0) is 17.7. The summed E-state index contributed by atoms with van der Waals surface area (Å²) in [7, 11) is 2.09. The van der Waals surface area contributed by atoms with E-state index in [9.17, 15) is 9.59 Å². The Morgan fingerprint density at radius 3 is 2.71 bits per heavy atom. The summed E-state index contributed by atoms with van der Waals surface area (Å²) < 4.78 is 0. The Bertz CT molecular complexity index is 586. The van der Waals surface area contributed by atoms with Crippen LogP contribution >= 0.6 is 0 Å². The van der Waals surface area contributed by atoms with Gasteiger partial charge in [0, 0.05) is 32.1 Å². The fraction of sp³-hybridized carbons (Fsp3) is 0.579. The minimum absolute atomic E-state index is 0.0254. The lowest BCUT2D eigenvalue weighted by Crippen LogP contribution is -2.35. The van der Waals surface area contributed by atoms with Crippen LogP contribution in [0, 0.1) is 5.92 Å². The van der Waals surface area contributed by atoms with Gasteiger partial charge in [-0.05, 0) is 38.6 Å². The Labute approximate surface area is 145 Å². The number of likely N-dealkylation sites (tertiary alicyclic amines) is 1. The van der Waals surface area contributed by atoms with Gasteiger partial charge in [0.2, 0.25) is 11.8 Å². The summed E-state index contributed by atoms with van der Waals surface area (Å²) in [6.45, 7) is 9.04. The van der Waals surface area contributed by atoms with Crippen molar-refractivity contribution in [2.24, 2.45) is 5.92 Å². The molecule has 1 aromatic carbocycles. The molecule has 1 N–H and O–H groups in total. The summed E-state index contributed by atoms with van der Waals surface area (Å²) >= 11 is 0. The van der Waals surface area contributed by atoms with Gasteiger partial charge in [-0.25, -0.2) is 0 Å². The number of carbonyl (C=O) groups excluding carboxylic acids is 2.